The molecule has 1 aromatic rings. The molecule has 0 radical (unpaired) electrons. The first-order valence-electron chi connectivity index (χ1n) is 13.8. The van der Waals surface area contributed by atoms with Gasteiger partial charge in [0.1, 0.15) is 0 Å². The van der Waals surface area contributed by atoms with Gasteiger partial charge >= 0.3 is 0 Å². The van der Waals surface area contributed by atoms with Gasteiger partial charge in [-0.25, -0.2) is 0 Å². The molecule has 2 saturated carbocycles. The van der Waals surface area contributed by atoms with Crippen LogP contribution in [-0.4, -0.2) is 72.5 Å². The van der Waals surface area contributed by atoms with E-state index in [9.17, 15) is 4.79 Å². The highest BCUT2D eigenvalue weighted by molar-refractivity contribution is 5.76. The van der Waals surface area contributed by atoms with Crippen molar-refractivity contribution in [1.82, 2.24) is 14.7 Å². The number of nitrogens with zero attached hydrogens (tertiary/aromatic N) is 3. The van der Waals surface area contributed by atoms with Crippen LogP contribution >= 0.6 is 0 Å². The number of carbonyl (C=O) groups excluding carboxylic acids is 1. The van der Waals surface area contributed by atoms with Gasteiger partial charge in [0.25, 0.3) is 0 Å². The number of rotatable bonds is 6. The molecule has 4 nitrogen and oxygen atoms in total. The van der Waals surface area contributed by atoms with Crippen LogP contribution in [0.5, 0.6) is 0 Å². The minimum atomic E-state index is 0.449. The van der Waals surface area contributed by atoms with Crippen molar-refractivity contribution in [2.45, 2.75) is 71.3 Å². The van der Waals surface area contributed by atoms with Gasteiger partial charge in [0.2, 0.25) is 5.91 Å². The van der Waals surface area contributed by atoms with Crippen molar-refractivity contribution in [2.75, 3.05) is 45.8 Å². The molecule has 0 N–H and O–H groups in total. The highest BCUT2D eigenvalue weighted by Crippen LogP contribution is 2.54. The van der Waals surface area contributed by atoms with E-state index in [1.807, 2.05) is 0 Å². The average molecular weight is 452 g/mol. The molecule has 4 atom stereocenters. The summed E-state index contributed by atoms with van der Waals surface area (Å²) < 4.78 is 0. The van der Waals surface area contributed by atoms with Crippen LogP contribution in [0.4, 0.5) is 0 Å². The number of benzene rings is 1. The van der Waals surface area contributed by atoms with E-state index in [4.69, 9.17) is 0 Å². The van der Waals surface area contributed by atoms with Gasteiger partial charge in [-0.15, -0.1) is 0 Å². The van der Waals surface area contributed by atoms with Crippen molar-refractivity contribution < 1.29 is 4.79 Å². The summed E-state index contributed by atoms with van der Waals surface area (Å²) in [5.41, 5.74) is 2.78. The van der Waals surface area contributed by atoms with E-state index in [0.717, 1.165) is 50.1 Å². The van der Waals surface area contributed by atoms with Crippen LogP contribution in [0.3, 0.4) is 0 Å². The van der Waals surface area contributed by atoms with Crippen molar-refractivity contribution in [1.29, 1.82) is 0 Å². The van der Waals surface area contributed by atoms with Gasteiger partial charge in [0.05, 0.1) is 0 Å². The Kier molecular flexibility index (Phi) is 7.13. The number of piperazine rings is 1. The Morgan fingerprint density at radius 2 is 1.52 bits per heavy atom. The molecule has 0 aromatic heterocycles. The molecule has 1 amide bonds. The molecule has 33 heavy (non-hydrogen) atoms. The summed E-state index contributed by atoms with van der Waals surface area (Å²) in [5, 5.41) is 0. The molecular formula is C29H45N3O. The summed E-state index contributed by atoms with van der Waals surface area (Å²) in [5.74, 6) is 4.14. The summed E-state index contributed by atoms with van der Waals surface area (Å²) in [4.78, 5) is 20.9. The Bertz CT molecular complexity index is 790. The number of piperidine rings is 1. The summed E-state index contributed by atoms with van der Waals surface area (Å²) in [6, 6.07) is 9.70. The second-order valence-electron chi connectivity index (χ2n) is 11.9. The van der Waals surface area contributed by atoms with Crippen molar-refractivity contribution in [3.05, 3.63) is 35.4 Å². The molecule has 4 aliphatic rings. The Morgan fingerprint density at radius 1 is 0.879 bits per heavy atom. The number of fused-ring (bicyclic) bond motifs is 2. The van der Waals surface area contributed by atoms with E-state index < -0.39 is 0 Å². The first kappa shape index (κ1) is 23.4. The molecule has 2 saturated heterocycles. The van der Waals surface area contributed by atoms with E-state index in [0.29, 0.717) is 23.8 Å². The Morgan fingerprint density at radius 3 is 2.15 bits per heavy atom. The van der Waals surface area contributed by atoms with Crippen LogP contribution in [0.2, 0.25) is 0 Å². The van der Waals surface area contributed by atoms with Crippen molar-refractivity contribution >= 4 is 5.91 Å². The van der Waals surface area contributed by atoms with Crippen LogP contribution in [0.25, 0.3) is 0 Å². The minimum absolute atomic E-state index is 0.449. The maximum absolute atomic E-state index is 13.4. The van der Waals surface area contributed by atoms with Gasteiger partial charge in [-0.3, -0.25) is 9.69 Å². The predicted molar refractivity (Wildman–Crippen MR) is 135 cm³/mol. The molecular weight excluding hydrogens is 406 g/mol. The lowest BCUT2D eigenvalue weighted by atomic mass is 9.76. The SMILES string of the molecule is Cc1ccc(C2CCN(C(=O)CC3C(CN4CCN(C(C)C)CC4)[C@@H]4CC[C@H]3C4)CC2)cc1. The molecule has 2 unspecified atom stereocenters. The third-order valence-electron chi connectivity index (χ3n) is 9.69. The molecule has 1 aromatic carbocycles. The van der Waals surface area contributed by atoms with Gasteiger partial charge in [-0.1, -0.05) is 29.8 Å². The van der Waals surface area contributed by atoms with Crippen LogP contribution in [0, 0.1) is 30.6 Å². The van der Waals surface area contributed by atoms with Crippen LogP contribution in [0.15, 0.2) is 24.3 Å². The Balaban J connectivity index is 1.14. The van der Waals surface area contributed by atoms with E-state index in [2.05, 4.69) is 59.7 Å². The van der Waals surface area contributed by atoms with Crippen LogP contribution in [0.1, 0.15) is 69.4 Å². The smallest absolute Gasteiger partial charge is 0.222 e. The van der Waals surface area contributed by atoms with Crippen molar-refractivity contribution in [3.8, 4) is 0 Å². The second kappa shape index (κ2) is 10.1. The van der Waals surface area contributed by atoms with Gasteiger partial charge in [-0.2, -0.15) is 0 Å². The lowest BCUT2D eigenvalue weighted by Crippen LogP contribution is -2.51. The second-order valence-corrected chi connectivity index (χ2v) is 11.9. The highest BCUT2D eigenvalue weighted by Gasteiger charge is 2.48. The van der Waals surface area contributed by atoms with Gasteiger partial charge < -0.3 is 9.80 Å². The first-order valence-corrected chi connectivity index (χ1v) is 13.8. The number of hydrogen-bond donors (Lipinski definition) is 0. The zero-order valence-electron chi connectivity index (χ0n) is 21.2. The highest BCUT2D eigenvalue weighted by atomic mass is 16.2. The van der Waals surface area contributed by atoms with E-state index in [1.54, 1.807) is 0 Å². The van der Waals surface area contributed by atoms with Crippen LogP contribution < -0.4 is 0 Å². The fourth-order valence-electron chi connectivity index (χ4n) is 7.52. The quantitative estimate of drug-likeness (QED) is 0.623. The lowest BCUT2D eigenvalue weighted by molar-refractivity contribution is -0.134. The predicted octanol–water partition coefficient (Wildman–Crippen LogP) is 4.78. The zero-order chi connectivity index (χ0) is 22.9. The van der Waals surface area contributed by atoms with Gasteiger partial charge in [0.15, 0.2) is 0 Å². The topological polar surface area (TPSA) is 26.8 Å². The number of aryl methyl sites for hydroxylation is 1. The fourth-order valence-corrected chi connectivity index (χ4v) is 7.52. The summed E-state index contributed by atoms with van der Waals surface area (Å²) in [6.07, 6.45) is 7.23. The summed E-state index contributed by atoms with van der Waals surface area (Å²) in [7, 11) is 0. The zero-order valence-corrected chi connectivity index (χ0v) is 21.2. The number of carbonyl (C=O) groups is 1. The number of amides is 1. The van der Waals surface area contributed by atoms with Crippen molar-refractivity contribution in [2.24, 2.45) is 23.7 Å². The first-order chi connectivity index (χ1) is 16.0. The molecule has 2 aliphatic carbocycles. The van der Waals surface area contributed by atoms with Crippen molar-refractivity contribution in [3.63, 3.8) is 0 Å². The standard InChI is InChI=1S/C29H45N3O/c1-21(2)31-16-14-30(15-17-31)20-28-26-9-8-25(18-26)27(28)19-29(33)32-12-10-24(11-13-32)23-6-4-22(3)5-7-23/h4-7,21,24-28H,8-20H2,1-3H3/t25-,26+,27?,28?/m0/s1. The van der Waals surface area contributed by atoms with Crippen LogP contribution in [-0.2, 0) is 4.79 Å². The molecule has 0 spiro atoms. The molecule has 4 fully saturated rings. The maximum Gasteiger partial charge on any atom is 0.222 e. The third-order valence-corrected chi connectivity index (χ3v) is 9.69. The number of hydrogen-bond acceptors (Lipinski definition) is 3. The average Bonchev–Trinajstić information content (AvgIpc) is 3.43. The maximum atomic E-state index is 13.4. The Labute approximate surface area is 201 Å². The molecule has 182 valence electrons. The summed E-state index contributed by atoms with van der Waals surface area (Å²) >= 11 is 0. The molecule has 2 bridgehead atoms. The third kappa shape index (κ3) is 5.17. The molecule has 2 heterocycles. The van der Waals surface area contributed by atoms with Gasteiger partial charge in [-0.05, 0) is 88.0 Å². The lowest BCUT2D eigenvalue weighted by Gasteiger charge is -2.41. The van der Waals surface area contributed by atoms with E-state index in [-0.39, 0.29) is 0 Å². The monoisotopic (exact) mass is 451 g/mol. The number of likely N-dealkylation sites (tertiary alicyclic amines) is 1. The molecule has 2 aliphatic heterocycles. The molecule has 4 heteroatoms. The largest absolute Gasteiger partial charge is 0.343 e. The molecule has 5 rings (SSSR count). The minimum Gasteiger partial charge on any atom is -0.343 e. The van der Waals surface area contributed by atoms with E-state index in [1.165, 1.54) is 63.1 Å². The van der Waals surface area contributed by atoms with Gasteiger partial charge in [0, 0.05) is 58.3 Å². The fraction of sp³-hybridized carbons (Fsp3) is 0.759. The van der Waals surface area contributed by atoms with E-state index >= 15 is 0 Å². The Hall–Kier alpha value is -1.39. The summed E-state index contributed by atoms with van der Waals surface area (Å²) in [6.45, 7) is 14.7. The normalized spacial score (nSPS) is 31.6.